The van der Waals surface area contributed by atoms with Crippen LogP contribution >= 0.6 is 0 Å². The fourth-order valence-electron chi connectivity index (χ4n) is 4.93. The van der Waals surface area contributed by atoms with Crippen molar-refractivity contribution in [1.29, 1.82) is 5.26 Å². The second kappa shape index (κ2) is 16.9. The highest BCUT2D eigenvalue weighted by atomic mass is 16.6. The zero-order chi connectivity index (χ0) is 28.6. The largest absolute Gasteiger partial charge is 0.372 e. The summed E-state index contributed by atoms with van der Waals surface area (Å²) in [5.41, 5.74) is 5.34. The first-order valence-electron chi connectivity index (χ1n) is 14.9. The normalized spacial score (nSPS) is 11.0. The standard InChI is InChI=1S/C35H43N3O2/c1-3-5-7-9-11-25-37(26-12-10-8-6-4-2)34-22-20-32(21-23-34)31-18-15-29(16-19-31)13-14-30-17-24-35(38(39)40)33(27-30)28-36/h13-24,27H,3-12,25-26H2,1-2H3. The first kappa shape index (κ1) is 30.6. The summed E-state index contributed by atoms with van der Waals surface area (Å²) in [4.78, 5) is 13.1. The third-order valence-corrected chi connectivity index (χ3v) is 7.35. The van der Waals surface area contributed by atoms with Crippen molar-refractivity contribution in [2.75, 3.05) is 18.0 Å². The van der Waals surface area contributed by atoms with E-state index in [9.17, 15) is 15.4 Å². The van der Waals surface area contributed by atoms with Gasteiger partial charge in [-0.3, -0.25) is 10.1 Å². The molecule has 210 valence electrons. The molecule has 0 unspecified atom stereocenters. The van der Waals surface area contributed by atoms with E-state index in [4.69, 9.17) is 0 Å². The zero-order valence-corrected chi connectivity index (χ0v) is 24.1. The number of nitro groups is 1. The molecule has 0 aliphatic heterocycles. The maximum Gasteiger partial charge on any atom is 0.287 e. The Hall–Kier alpha value is -3.91. The van der Waals surface area contributed by atoms with E-state index in [0.29, 0.717) is 0 Å². The summed E-state index contributed by atoms with van der Waals surface area (Å²) in [6.45, 7) is 6.79. The van der Waals surface area contributed by atoms with Gasteiger partial charge < -0.3 is 4.90 Å². The van der Waals surface area contributed by atoms with Gasteiger partial charge in [0.1, 0.15) is 11.6 Å². The lowest BCUT2D eigenvalue weighted by Crippen LogP contribution is -2.25. The van der Waals surface area contributed by atoms with Crippen LogP contribution in [0.1, 0.15) is 94.7 Å². The molecule has 0 amide bonds. The molecule has 0 bridgehead atoms. The fourth-order valence-corrected chi connectivity index (χ4v) is 4.93. The third-order valence-electron chi connectivity index (χ3n) is 7.35. The molecule has 0 aromatic heterocycles. The number of hydrogen-bond acceptors (Lipinski definition) is 4. The smallest absolute Gasteiger partial charge is 0.287 e. The number of unbranched alkanes of at least 4 members (excludes halogenated alkanes) is 8. The molecule has 40 heavy (non-hydrogen) atoms. The van der Waals surface area contributed by atoms with E-state index in [1.54, 1.807) is 12.1 Å². The molecular formula is C35H43N3O2. The first-order chi connectivity index (χ1) is 19.5. The molecule has 0 radical (unpaired) electrons. The van der Waals surface area contributed by atoms with Gasteiger partial charge in [0.25, 0.3) is 5.69 Å². The Balaban J connectivity index is 1.64. The topological polar surface area (TPSA) is 70.2 Å². The van der Waals surface area contributed by atoms with E-state index < -0.39 is 4.92 Å². The summed E-state index contributed by atoms with van der Waals surface area (Å²) in [6, 6.07) is 23.8. The minimum absolute atomic E-state index is 0.0671. The van der Waals surface area contributed by atoms with Crippen LogP contribution < -0.4 is 4.90 Å². The van der Waals surface area contributed by atoms with Crippen LogP contribution in [0.25, 0.3) is 23.3 Å². The minimum atomic E-state index is -0.530. The van der Waals surface area contributed by atoms with Gasteiger partial charge in [-0.1, -0.05) is 114 Å². The number of benzene rings is 3. The molecule has 0 atom stereocenters. The molecule has 3 aromatic rings. The van der Waals surface area contributed by atoms with Crippen LogP contribution in [-0.4, -0.2) is 18.0 Å². The van der Waals surface area contributed by atoms with Crippen LogP contribution in [0.4, 0.5) is 11.4 Å². The lowest BCUT2D eigenvalue weighted by atomic mass is 10.0. The Morgan fingerprint density at radius 3 is 1.75 bits per heavy atom. The molecule has 0 saturated carbocycles. The Morgan fingerprint density at radius 2 is 1.23 bits per heavy atom. The summed E-state index contributed by atoms with van der Waals surface area (Å²) < 4.78 is 0. The van der Waals surface area contributed by atoms with Crippen molar-refractivity contribution in [1.82, 2.24) is 0 Å². The SMILES string of the molecule is CCCCCCCN(CCCCCCC)c1ccc(-c2ccc(C=Cc3ccc([N+](=O)[O-])c(C#N)c3)cc2)cc1. The Morgan fingerprint density at radius 1 is 0.725 bits per heavy atom. The molecule has 0 saturated heterocycles. The van der Waals surface area contributed by atoms with Gasteiger partial charge in [0.2, 0.25) is 0 Å². The number of nitrogens with zero attached hydrogens (tertiary/aromatic N) is 3. The first-order valence-corrected chi connectivity index (χ1v) is 14.9. The van der Waals surface area contributed by atoms with Gasteiger partial charge in [0.05, 0.1) is 4.92 Å². The second-order valence-electron chi connectivity index (χ2n) is 10.5. The molecule has 0 N–H and O–H groups in total. The van der Waals surface area contributed by atoms with Gasteiger partial charge in [-0.05, 0) is 59.4 Å². The van der Waals surface area contributed by atoms with Crippen LogP contribution in [0.5, 0.6) is 0 Å². The fraction of sp³-hybridized carbons (Fsp3) is 0.400. The molecule has 3 rings (SSSR count). The molecule has 5 heteroatoms. The van der Waals surface area contributed by atoms with Crippen molar-refractivity contribution in [3.63, 3.8) is 0 Å². The van der Waals surface area contributed by atoms with Crippen LogP contribution in [0, 0.1) is 21.4 Å². The molecule has 0 aliphatic rings. The summed E-state index contributed by atoms with van der Waals surface area (Å²) in [7, 11) is 0. The molecule has 0 fully saturated rings. The van der Waals surface area contributed by atoms with Gasteiger partial charge in [-0.25, -0.2) is 0 Å². The number of nitro benzene ring substituents is 1. The van der Waals surface area contributed by atoms with Gasteiger partial charge in [-0.2, -0.15) is 5.26 Å². The molecule has 0 spiro atoms. The van der Waals surface area contributed by atoms with Crippen LogP contribution in [0.2, 0.25) is 0 Å². The lowest BCUT2D eigenvalue weighted by Gasteiger charge is -2.25. The van der Waals surface area contributed by atoms with Gasteiger partial charge in [0.15, 0.2) is 0 Å². The number of hydrogen-bond donors (Lipinski definition) is 0. The summed E-state index contributed by atoms with van der Waals surface area (Å²) in [5, 5.41) is 20.3. The Labute approximate surface area is 240 Å². The monoisotopic (exact) mass is 537 g/mol. The quantitative estimate of drug-likeness (QED) is 0.0743. The summed E-state index contributed by atoms with van der Waals surface area (Å²) >= 11 is 0. The molecule has 0 aliphatic carbocycles. The van der Waals surface area contributed by atoms with E-state index >= 15 is 0 Å². The second-order valence-corrected chi connectivity index (χ2v) is 10.5. The molecule has 0 heterocycles. The van der Waals surface area contributed by atoms with Gasteiger partial charge in [0, 0.05) is 24.8 Å². The van der Waals surface area contributed by atoms with E-state index in [0.717, 1.165) is 29.8 Å². The van der Waals surface area contributed by atoms with Crippen molar-refractivity contribution in [3.05, 3.63) is 93.5 Å². The number of nitriles is 1. The summed E-state index contributed by atoms with van der Waals surface area (Å²) in [6.07, 6.45) is 16.8. The Bertz CT molecular complexity index is 1240. The molecular weight excluding hydrogens is 494 g/mol. The third kappa shape index (κ3) is 9.68. The summed E-state index contributed by atoms with van der Waals surface area (Å²) in [5.74, 6) is 0. The van der Waals surface area contributed by atoms with Crippen molar-refractivity contribution in [2.24, 2.45) is 0 Å². The highest BCUT2D eigenvalue weighted by Crippen LogP contribution is 2.26. The predicted octanol–water partition coefficient (Wildman–Crippen LogP) is 10.1. The van der Waals surface area contributed by atoms with Crippen molar-refractivity contribution >= 4 is 23.5 Å². The average molecular weight is 538 g/mol. The average Bonchev–Trinajstić information content (AvgIpc) is 2.99. The van der Waals surface area contributed by atoms with E-state index in [2.05, 4.69) is 67.3 Å². The molecule has 3 aromatic carbocycles. The predicted molar refractivity (Wildman–Crippen MR) is 168 cm³/mol. The Kier molecular flexibility index (Phi) is 13.0. The van der Waals surface area contributed by atoms with Crippen LogP contribution in [0.15, 0.2) is 66.7 Å². The van der Waals surface area contributed by atoms with Crippen molar-refractivity contribution < 1.29 is 4.92 Å². The highest BCUT2D eigenvalue weighted by molar-refractivity contribution is 5.74. The maximum absolute atomic E-state index is 11.1. The highest BCUT2D eigenvalue weighted by Gasteiger charge is 2.13. The number of anilines is 1. The zero-order valence-electron chi connectivity index (χ0n) is 24.1. The number of rotatable bonds is 17. The lowest BCUT2D eigenvalue weighted by molar-refractivity contribution is -0.385. The van der Waals surface area contributed by atoms with Crippen LogP contribution in [0.3, 0.4) is 0 Å². The van der Waals surface area contributed by atoms with E-state index in [-0.39, 0.29) is 11.3 Å². The maximum atomic E-state index is 11.1. The van der Waals surface area contributed by atoms with Crippen LogP contribution in [-0.2, 0) is 0 Å². The van der Waals surface area contributed by atoms with Gasteiger partial charge in [-0.15, -0.1) is 0 Å². The minimum Gasteiger partial charge on any atom is -0.372 e. The molecule has 5 nitrogen and oxygen atoms in total. The van der Waals surface area contributed by atoms with Crippen molar-refractivity contribution in [3.8, 4) is 17.2 Å². The van der Waals surface area contributed by atoms with E-state index in [1.807, 2.05) is 18.2 Å². The van der Waals surface area contributed by atoms with Crippen molar-refractivity contribution in [2.45, 2.75) is 78.1 Å². The van der Waals surface area contributed by atoms with Gasteiger partial charge >= 0.3 is 0 Å². The van der Waals surface area contributed by atoms with E-state index in [1.165, 1.54) is 81.5 Å².